The minimum Gasteiger partial charge on any atom is -0.466 e. The highest BCUT2D eigenvalue weighted by molar-refractivity contribution is 5.74. The maximum Gasteiger partial charge on any atom is 0.312 e. The van der Waals surface area contributed by atoms with E-state index in [1.54, 1.807) is 13.8 Å². The highest BCUT2D eigenvalue weighted by Crippen LogP contribution is 2.35. The van der Waals surface area contributed by atoms with Crippen molar-refractivity contribution in [3.05, 3.63) is 34.9 Å². The van der Waals surface area contributed by atoms with Crippen LogP contribution in [0.2, 0.25) is 0 Å². The van der Waals surface area contributed by atoms with Gasteiger partial charge in [-0.15, -0.1) is 0 Å². The van der Waals surface area contributed by atoms with Crippen molar-refractivity contribution >= 4 is 5.97 Å². The number of aryl methyl sites for hydroxylation is 2. The number of rotatable bonds is 6. The van der Waals surface area contributed by atoms with Gasteiger partial charge in [0, 0.05) is 0 Å². The fourth-order valence-corrected chi connectivity index (χ4v) is 2.63. The predicted octanol–water partition coefficient (Wildman–Crippen LogP) is 3.49. The minimum atomic E-state index is -1.21. The lowest BCUT2D eigenvalue weighted by Crippen LogP contribution is -2.39. The summed E-state index contributed by atoms with van der Waals surface area (Å²) in [5, 5.41) is 11.0. The molecule has 0 aliphatic heterocycles. The van der Waals surface area contributed by atoms with E-state index in [4.69, 9.17) is 4.74 Å². The third-order valence-electron chi connectivity index (χ3n) is 3.77. The monoisotopic (exact) mass is 278 g/mol. The number of carbonyl (C=O) groups is 1. The Morgan fingerprint density at radius 2 is 2.00 bits per heavy atom. The molecule has 0 amide bonds. The average molecular weight is 278 g/mol. The minimum absolute atomic E-state index is 0.319. The van der Waals surface area contributed by atoms with Gasteiger partial charge in [0.2, 0.25) is 0 Å². The zero-order valence-electron chi connectivity index (χ0n) is 13.2. The Balaban J connectivity index is 3.21. The van der Waals surface area contributed by atoms with Crippen molar-refractivity contribution in [3.63, 3.8) is 0 Å². The van der Waals surface area contributed by atoms with E-state index in [9.17, 15) is 9.90 Å². The van der Waals surface area contributed by atoms with Crippen molar-refractivity contribution in [2.75, 3.05) is 6.61 Å². The van der Waals surface area contributed by atoms with E-state index in [-0.39, 0.29) is 5.97 Å². The first-order valence-corrected chi connectivity index (χ1v) is 7.31. The third kappa shape index (κ3) is 3.60. The molecule has 0 aromatic heterocycles. The fourth-order valence-electron chi connectivity index (χ4n) is 2.63. The zero-order chi connectivity index (χ0) is 15.3. The Morgan fingerprint density at radius 3 is 2.55 bits per heavy atom. The summed E-state index contributed by atoms with van der Waals surface area (Å²) >= 11 is 0. The molecule has 0 aliphatic carbocycles. The first-order chi connectivity index (χ1) is 9.34. The van der Waals surface area contributed by atoms with E-state index in [0.29, 0.717) is 13.0 Å². The first-order valence-electron chi connectivity index (χ1n) is 7.31. The van der Waals surface area contributed by atoms with E-state index in [0.717, 1.165) is 23.1 Å². The second-order valence-corrected chi connectivity index (χ2v) is 5.56. The van der Waals surface area contributed by atoms with E-state index in [1.807, 2.05) is 39.0 Å². The van der Waals surface area contributed by atoms with Gasteiger partial charge in [-0.2, -0.15) is 0 Å². The molecule has 0 saturated heterocycles. The summed E-state index contributed by atoms with van der Waals surface area (Å²) in [5.41, 5.74) is 1.67. The normalized spacial score (nSPS) is 15.5. The van der Waals surface area contributed by atoms with Crippen LogP contribution in [0.1, 0.15) is 50.3 Å². The Kier molecular flexibility index (Phi) is 5.75. The summed E-state index contributed by atoms with van der Waals surface area (Å²) < 4.78 is 5.14. The van der Waals surface area contributed by atoms with Crippen LogP contribution in [0.15, 0.2) is 18.2 Å². The van der Waals surface area contributed by atoms with Crippen LogP contribution in [0, 0.1) is 19.8 Å². The van der Waals surface area contributed by atoms with Gasteiger partial charge in [0.1, 0.15) is 5.60 Å². The maximum atomic E-state index is 12.2. The van der Waals surface area contributed by atoms with Gasteiger partial charge in [-0.3, -0.25) is 4.79 Å². The van der Waals surface area contributed by atoms with Gasteiger partial charge in [0.15, 0.2) is 0 Å². The SMILES string of the molecule is CCCC(C(=O)OCC)C(C)(O)c1cc(C)ccc1C. The van der Waals surface area contributed by atoms with Crippen LogP contribution in [-0.4, -0.2) is 17.7 Å². The molecule has 0 heterocycles. The second kappa shape index (κ2) is 6.89. The standard InChI is InChI=1S/C17H26O3/c1-6-8-14(16(18)20-7-2)17(5,19)15-11-12(3)9-10-13(15)4/h9-11,14,19H,6-8H2,1-5H3. The highest BCUT2D eigenvalue weighted by Gasteiger charge is 2.40. The number of ether oxygens (including phenoxy) is 1. The smallest absolute Gasteiger partial charge is 0.312 e. The van der Waals surface area contributed by atoms with Crippen molar-refractivity contribution in [1.82, 2.24) is 0 Å². The summed E-state index contributed by atoms with van der Waals surface area (Å²) in [6, 6.07) is 5.94. The molecule has 20 heavy (non-hydrogen) atoms. The van der Waals surface area contributed by atoms with Crippen LogP contribution in [0.3, 0.4) is 0 Å². The molecule has 2 atom stereocenters. The number of carbonyl (C=O) groups excluding carboxylic acids is 1. The molecule has 0 aliphatic rings. The molecule has 0 radical (unpaired) electrons. The van der Waals surface area contributed by atoms with Crippen molar-refractivity contribution in [1.29, 1.82) is 0 Å². The molecule has 1 aromatic rings. The molecule has 1 aromatic carbocycles. The summed E-state index contributed by atoms with van der Waals surface area (Å²) in [6.45, 7) is 9.78. The molecule has 3 heteroatoms. The molecule has 112 valence electrons. The second-order valence-electron chi connectivity index (χ2n) is 5.56. The maximum absolute atomic E-state index is 12.2. The van der Waals surface area contributed by atoms with Crippen LogP contribution in [0.5, 0.6) is 0 Å². The lowest BCUT2D eigenvalue weighted by atomic mass is 9.78. The van der Waals surface area contributed by atoms with E-state index in [1.165, 1.54) is 0 Å². The van der Waals surface area contributed by atoms with Crippen molar-refractivity contribution in [2.24, 2.45) is 5.92 Å². The van der Waals surface area contributed by atoms with Crippen LogP contribution >= 0.6 is 0 Å². The van der Waals surface area contributed by atoms with E-state index in [2.05, 4.69) is 0 Å². The number of esters is 1. The number of hydrogen-bond acceptors (Lipinski definition) is 3. The lowest BCUT2D eigenvalue weighted by Gasteiger charge is -2.33. The fraction of sp³-hybridized carbons (Fsp3) is 0.588. The van der Waals surface area contributed by atoms with Crippen molar-refractivity contribution < 1.29 is 14.6 Å². The zero-order valence-corrected chi connectivity index (χ0v) is 13.2. The molecule has 3 nitrogen and oxygen atoms in total. The summed E-state index contributed by atoms with van der Waals surface area (Å²) in [6.07, 6.45) is 1.43. The van der Waals surface area contributed by atoms with Gasteiger partial charge in [-0.25, -0.2) is 0 Å². The highest BCUT2D eigenvalue weighted by atomic mass is 16.5. The molecule has 0 saturated carbocycles. The Hall–Kier alpha value is -1.35. The van der Waals surface area contributed by atoms with Gasteiger partial charge in [0.05, 0.1) is 12.5 Å². The molecular formula is C17H26O3. The average Bonchev–Trinajstić information content (AvgIpc) is 2.38. The van der Waals surface area contributed by atoms with Crippen molar-refractivity contribution in [3.8, 4) is 0 Å². The molecule has 1 N–H and O–H groups in total. The Labute approximate surface area is 122 Å². The summed E-state index contributed by atoms with van der Waals surface area (Å²) in [5.74, 6) is -0.854. The Bertz CT molecular complexity index is 463. The van der Waals surface area contributed by atoms with Gasteiger partial charge >= 0.3 is 5.97 Å². The molecular weight excluding hydrogens is 252 g/mol. The molecule has 0 bridgehead atoms. The topological polar surface area (TPSA) is 46.5 Å². The largest absolute Gasteiger partial charge is 0.466 e. The van der Waals surface area contributed by atoms with Crippen LogP contribution in [-0.2, 0) is 15.1 Å². The van der Waals surface area contributed by atoms with Crippen molar-refractivity contribution in [2.45, 2.75) is 53.1 Å². The van der Waals surface area contributed by atoms with Crippen LogP contribution < -0.4 is 0 Å². The van der Waals surface area contributed by atoms with Crippen LogP contribution in [0.25, 0.3) is 0 Å². The van der Waals surface area contributed by atoms with Gasteiger partial charge < -0.3 is 9.84 Å². The van der Waals surface area contributed by atoms with E-state index < -0.39 is 11.5 Å². The predicted molar refractivity (Wildman–Crippen MR) is 80.5 cm³/mol. The first kappa shape index (κ1) is 16.7. The Morgan fingerprint density at radius 1 is 1.35 bits per heavy atom. The molecule has 2 unspecified atom stereocenters. The number of hydrogen-bond donors (Lipinski definition) is 1. The quantitative estimate of drug-likeness (QED) is 0.810. The molecule has 0 spiro atoms. The number of aliphatic hydroxyl groups is 1. The van der Waals surface area contributed by atoms with E-state index >= 15 is 0 Å². The summed E-state index contributed by atoms with van der Waals surface area (Å²) in [4.78, 5) is 12.2. The third-order valence-corrected chi connectivity index (χ3v) is 3.77. The van der Waals surface area contributed by atoms with Crippen LogP contribution in [0.4, 0.5) is 0 Å². The number of benzene rings is 1. The van der Waals surface area contributed by atoms with Gasteiger partial charge in [0.25, 0.3) is 0 Å². The lowest BCUT2D eigenvalue weighted by molar-refractivity contribution is -0.158. The summed E-state index contributed by atoms with van der Waals surface area (Å²) in [7, 11) is 0. The van der Waals surface area contributed by atoms with Gasteiger partial charge in [-0.05, 0) is 45.2 Å². The molecule has 1 rings (SSSR count). The van der Waals surface area contributed by atoms with Gasteiger partial charge in [-0.1, -0.05) is 37.1 Å². The molecule has 0 fully saturated rings.